The van der Waals surface area contributed by atoms with Gasteiger partial charge in [-0.05, 0) is 43.2 Å². The lowest BCUT2D eigenvalue weighted by Crippen LogP contribution is -2.40. The largest absolute Gasteiger partial charge is 0.489 e. The maximum atomic E-state index is 15.2. The lowest BCUT2D eigenvalue weighted by Gasteiger charge is -2.26. The Kier molecular flexibility index (Phi) is 9.54. The maximum absolute atomic E-state index is 15.2. The van der Waals surface area contributed by atoms with Gasteiger partial charge in [0.15, 0.2) is 32.9 Å². The van der Waals surface area contributed by atoms with E-state index in [2.05, 4.69) is 25.5 Å². The zero-order chi connectivity index (χ0) is 33.0. The van der Waals surface area contributed by atoms with Gasteiger partial charge in [0.05, 0.1) is 29.7 Å². The minimum Gasteiger partial charge on any atom is -0.489 e. The number of nitrogens with one attached hydrogen (secondary N) is 2. The molecule has 3 aromatic carbocycles. The second-order valence-electron chi connectivity index (χ2n) is 11.1. The number of ether oxygens (including phenoxy) is 4. The lowest BCUT2D eigenvalue weighted by molar-refractivity contribution is 0.162. The molecule has 0 saturated carbocycles. The van der Waals surface area contributed by atoms with Crippen LogP contribution < -0.4 is 29.6 Å². The number of sulfone groups is 1. The number of benzene rings is 3. The van der Waals surface area contributed by atoms with E-state index in [9.17, 15) is 17.6 Å². The van der Waals surface area contributed by atoms with E-state index in [0.717, 1.165) is 6.07 Å². The Morgan fingerprint density at radius 1 is 1.00 bits per heavy atom. The van der Waals surface area contributed by atoms with Crippen LogP contribution in [0.25, 0.3) is 10.9 Å². The minimum atomic E-state index is -2.94. The fraction of sp³-hybridized carbons (Fsp3) is 0.344. The Morgan fingerprint density at radius 2 is 1.74 bits per heavy atom. The third-order valence-electron chi connectivity index (χ3n) is 7.77. The topological polar surface area (TPSA) is 141 Å². The van der Waals surface area contributed by atoms with Crippen molar-refractivity contribution < 1.29 is 40.9 Å². The molecule has 6 rings (SSSR count). The number of fused-ring (bicyclic) bond motifs is 3. The molecule has 2 aliphatic heterocycles. The number of carbonyl (C=O) groups is 1. The Morgan fingerprint density at radius 3 is 2.49 bits per heavy atom. The number of anilines is 1. The molecule has 2 amide bonds. The van der Waals surface area contributed by atoms with Crippen LogP contribution in [0.4, 0.5) is 19.3 Å². The van der Waals surface area contributed by atoms with Crippen molar-refractivity contribution in [3.8, 4) is 28.9 Å². The molecule has 0 bridgehead atoms. The lowest BCUT2D eigenvalue weighted by atomic mass is 10.1. The molecule has 0 spiro atoms. The highest BCUT2D eigenvalue weighted by Gasteiger charge is 2.26. The molecular weight excluding hydrogens is 636 g/mol. The van der Waals surface area contributed by atoms with Crippen LogP contribution in [0.1, 0.15) is 24.9 Å². The number of nitrogens with zero attached hydrogens (tertiary/aromatic N) is 3. The quantitative estimate of drug-likeness (QED) is 0.225. The van der Waals surface area contributed by atoms with Crippen LogP contribution in [0.2, 0.25) is 0 Å². The number of carbonyl (C=O) groups excluding carboxylic acids is 1. The number of urea groups is 1. The summed E-state index contributed by atoms with van der Waals surface area (Å²) in [6.45, 7) is 4.37. The summed E-state index contributed by atoms with van der Waals surface area (Å²) in [5, 5.41) is 5.68. The van der Waals surface area contributed by atoms with Crippen molar-refractivity contribution in [3.05, 3.63) is 72.1 Å². The van der Waals surface area contributed by atoms with Crippen molar-refractivity contribution in [3.63, 3.8) is 0 Å². The van der Waals surface area contributed by atoms with Gasteiger partial charge in [0.25, 0.3) is 0 Å². The van der Waals surface area contributed by atoms with E-state index < -0.39 is 27.7 Å². The van der Waals surface area contributed by atoms with Crippen LogP contribution >= 0.6 is 0 Å². The molecule has 3 heterocycles. The number of amides is 2. The smallest absolute Gasteiger partial charge is 0.319 e. The van der Waals surface area contributed by atoms with Crippen molar-refractivity contribution in [2.45, 2.75) is 19.4 Å². The van der Waals surface area contributed by atoms with Crippen LogP contribution in [-0.4, -0.2) is 80.3 Å². The molecule has 1 fully saturated rings. The first-order valence-corrected chi connectivity index (χ1v) is 16.9. The molecule has 248 valence electrons. The highest BCUT2D eigenvalue weighted by atomic mass is 32.2. The fourth-order valence-corrected chi connectivity index (χ4v) is 6.55. The Labute approximate surface area is 269 Å². The highest BCUT2D eigenvalue weighted by molar-refractivity contribution is 7.91. The average molecular weight is 670 g/mol. The van der Waals surface area contributed by atoms with Crippen molar-refractivity contribution in [2.75, 3.05) is 56.3 Å². The Bertz CT molecular complexity index is 1860. The molecule has 1 atom stereocenters. The molecule has 2 N–H and O–H groups in total. The van der Waals surface area contributed by atoms with Crippen molar-refractivity contribution >= 4 is 32.5 Å². The van der Waals surface area contributed by atoms with Gasteiger partial charge in [0.1, 0.15) is 30.7 Å². The predicted octanol–water partition coefficient (Wildman–Crippen LogP) is 4.85. The van der Waals surface area contributed by atoms with Gasteiger partial charge < -0.3 is 34.5 Å². The fourth-order valence-electron chi connectivity index (χ4n) is 5.27. The highest BCUT2D eigenvalue weighted by Crippen LogP contribution is 2.48. The van der Waals surface area contributed by atoms with Crippen LogP contribution in [-0.2, 0) is 9.84 Å². The van der Waals surface area contributed by atoms with Crippen molar-refractivity contribution in [2.24, 2.45) is 0 Å². The summed E-state index contributed by atoms with van der Waals surface area (Å²) in [7, 11) is -2.94. The second kappa shape index (κ2) is 13.9. The summed E-state index contributed by atoms with van der Waals surface area (Å²) in [5.74, 6) is 0.188. The molecule has 2 aliphatic rings. The normalized spacial score (nSPS) is 16.3. The van der Waals surface area contributed by atoms with Crippen LogP contribution in [0.3, 0.4) is 0 Å². The number of hydrogen-bond acceptors (Lipinski definition) is 10. The molecule has 1 aromatic heterocycles. The van der Waals surface area contributed by atoms with E-state index in [4.69, 9.17) is 18.9 Å². The van der Waals surface area contributed by atoms with E-state index in [1.54, 1.807) is 25.1 Å². The molecular formula is C32H33F2N5O7S. The van der Waals surface area contributed by atoms with Gasteiger partial charge in [-0.3, -0.25) is 0 Å². The van der Waals surface area contributed by atoms with E-state index >= 15 is 4.39 Å². The summed E-state index contributed by atoms with van der Waals surface area (Å²) in [4.78, 5) is 23.2. The SMILES string of the molecule is CC(NC(=O)Nc1ccc(Oc2ncnc3cc(OCCCN4CCS(=O)(=O)CC4)c4c(c23)OCCO4)c(F)c1)c1ccc(F)cc1. The number of hydrogen-bond donors (Lipinski definition) is 2. The maximum Gasteiger partial charge on any atom is 0.319 e. The van der Waals surface area contributed by atoms with Gasteiger partial charge in [0.2, 0.25) is 11.6 Å². The zero-order valence-corrected chi connectivity index (χ0v) is 26.3. The number of aromatic nitrogens is 2. The zero-order valence-electron chi connectivity index (χ0n) is 25.5. The molecule has 0 radical (unpaired) electrons. The van der Waals surface area contributed by atoms with Crippen LogP contribution in [0.15, 0.2) is 54.9 Å². The van der Waals surface area contributed by atoms with E-state index in [1.807, 2.05) is 0 Å². The summed E-state index contributed by atoms with van der Waals surface area (Å²) < 4.78 is 75.6. The molecule has 4 aromatic rings. The standard InChI is InChI=1S/C32H33F2N5O7S/c1-20(21-3-5-22(33)6-4-21)37-32(40)38-23-7-8-26(24(34)17-23)46-31-28-25(35-19-36-31)18-27(29-30(28)45-14-13-44-29)43-12-2-9-39-10-15-47(41,42)16-11-39/h3-8,17-20H,2,9-16H2,1H3,(H2,37,38,40). The van der Waals surface area contributed by atoms with Gasteiger partial charge in [0, 0.05) is 37.5 Å². The average Bonchev–Trinajstić information content (AvgIpc) is 3.05. The van der Waals surface area contributed by atoms with Crippen molar-refractivity contribution in [1.82, 2.24) is 20.2 Å². The first-order valence-electron chi connectivity index (χ1n) is 15.1. The van der Waals surface area contributed by atoms with E-state index in [1.165, 1.54) is 30.6 Å². The third kappa shape index (κ3) is 7.80. The molecule has 0 aliphatic carbocycles. The monoisotopic (exact) mass is 669 g/mol. The van der Waals surface area contributed by atoms with E-state index in [-0.39, 0.29) is 41.2 Å². The summed E-state index contributed by atoms with van der Waals surface area (Å²) in [6.07, 6.45) is 1.95. The van der Waals surface area contributed by atoms with Gasteiger partial charge in [-0.2, -0.15) is 0 Å². The second-order valence-corrected chi connectivity index (χ2v) is 13.4. The first kappa shape index (κ1) is 32.2. The van der Waals surface area contributed by atoms with E-state index in [0.29, 0.717) is 73.0 Å². The molecule has 15 heteroatoms. The first-order chi connectivity index (χ1) is 22.6. The Hall–Kier alpha value is -4.76. The van der Waals surface area contributed by atoms with Gasteiger partial charge in [-0.25, -0.2) is 32.0 Å². The minimum absolute atomic E-state index is 0.0359. The molecule has 12 nitrogen and oxygen atoms in total. The predicted molar refractivity (Wildman–Crippen MR) is 169 cm³/mol. The van der Waals surface area contributed by atoms with Gasteiger partial charge >= 0.3 is 6.03 Å². The third-order valence-corrected chi connectivity index (χ3v) is 9.38. The molecule has 1 saturated heterocycles. The number of rotatable bonds is 10. The summed E-state index contributed by atoms with van der Waals surface area (Å²) in [6, 6.07) is 10.4. The summed E-state index contributed by atoms with van der Waals surface area (Å²) in [5.41, 5.74) is 1.33. The van der Waals surface area contributed by atoms with Gasteiger partial charge in [-0.15, -0.1) is 0 Å². The van der Waals surface area contributed by atoms with Gasteiger partial charge in [-0.1, -0.05) is 12.1 Å². The molecule has 1 unspecified atom stereocenters. The Balaban J connectivity index is 1.13. The number of halogens is 2. The van der Waals surface area contributed by atoms with Crippen LogP contribution in [0, 0.1) is 11.6 Å². The van der Waals surface area contributed by atoms with Crippen molar-refractivity contribution in [1.29, 1.82) is 0 Å². The molecule has 47 heavy (non-hydrogen) atoms. The summed E-state index contributed by atoms with van der Waals surface area (Å²) >= 11 is 0. The van der Waals surface area contributed by atoms with Crippen LogP contribution in [0.5, 0.6) is 28.9 Å².